The Bertz CT molecular complexity index is 554. The van der Waals surface area contributed by atoms with Crippen LogP contribution in [0, 0.1) is 0 Å². The zero-order valence-corrected chi connectivity index (χ0v) is 13.1. The van der Waals surface area contributed by atoms with Gasteiger partial charge in [0.2, 0.25) is 0 Å². The van der Waals surface area contributed by atoms with Gasteiger partial charge in [-0.05, 0) is 38.0 Å². The molecule has 0 aliphatic carbocycles. The summed E-state index contributed by atoms with van der Waals surface area (Å²) in [6.45, 7) is 5.26. The number of amides is 3. The van der Waals surface area contributed by atoms with E-state index in [-0.39, 0.29) is 19.1 Å². The third-order valence-electron chi connectivity index (χ3n) is 3.61. The average molecular weight is 306 g/mol. The number of aliphatic hydroxyl groups excluding tert-OH is 1. The number of β-amino-alcohol motifs (C(OH)–C–C–N with tert-alkyl or cyclic N) is 1. The Kier molecular flexibility index (Phi) is 4.71. The number of rotatable bonds is 6. The van der Waals surface area contributed by atoms with E-state index in [0.29, 0.717) is 5.75 Å². The standard InChI is InChI=1S/C16H22N2O4/c1-4-11-5-7-13(8-6-11)22-10-12(19)9-18-14(20)16(2,3)17-15(18)21/h5-8,12,19H,4,9-10H2,1-3H3,(H,17,21). The van der Waals surface area contributed by atoms with E-state index in [1.165, 1.54) is 5.56 Å². The van der Waals surface area contributed by atoms with E-state index >= 15 is 0 Å². The number of nitrogens with zero attached hydrogens (tertiary/aromatic N) is 1. The predicted octanol–water partition coefficient (Wildman–Crippen LogP) is 1.32. The van der Waals surface area contributed by atoms with Crippen molar-refractivity contribution >= 4 is 11.9 Å². The van der Waals surface area contributed by atoms with E-state index < -0.39 is 17.7 Å². The van der Waals surface area contributed by atoms with Gasteiger partial charge in [0, 0.05) is 0 Å². The van der Waals surface area contributed by atoms with Crippen LogP contribution in [0.25, 0.3) is 0 Å². The van der Waals surface area contributed by atoms with E-state index in [0.717, 1.165) is 11.3 Å². The first-order valence-electron chi connectivity index (χ1n) is 7.37. The van der Waals surface area contributed by atoms with Gasteiger partial charge in [0.15, 0.2) is 0 Å². The van der Waals surface area contributed by atoms with E-state index in [1.807, 2.05) is 24.3 Å². The first-order chi connectivity index (χ1) is 10.3. The van der Waals surface area contributed by atoms with Crippen molar-refractivity contribution in [1.82, 2.24) is 10.2 Å². The summed E-state index contributed by atoms with van der Waals surface area (Å²) >= 11 is 0. The van der Waals surface area contributed by atoms with Crippen LogP contribution in [0.2, 0.25) is 0 Å². The molecule has 0 radical (unpaired) electrons. The van der Waals surface area contributed by atoms with Crippen molar-refractivity contribution in [1.29, 1.82) is 0 Å². The lowest BCUT2D eigenvalue weighted by Crippen LogP contribution is -2.42. The van der Waals surface area contributed by atoms with Gasteiger partial charge in [-0.1, -0.05) is 19.1 Å². The van der Waals surface area contributed by atoms with Gasteiger partial charge in [-0.15, -0.1) is 0 Å². The van der Waals surface area contributed by atoms with Crippen molar-refractivity contribution in [2.45, 2.75) is 38.8 Å². The highest BCUT2D eigenvalue weighted by Crippen LogP contribution is 2.17. The number of carbonyl (C=O) groups is 2. The van der Waals surface area contributed by atoms with Crippen LogP contribution in [0.5, 0.6) is 5.75 Å². The minimum absolute atomic E-state index is 0.0168. The SMILES string of the molecule is CCc1ccc(OCC(O)CN2C(=O)NC(C)(C)C2=O)cc1. The van der Waals surface area contributed by atoms with Crippen molar-refractivity contribution < 1.29 is 19.4 Å². The molecule has 2 N–H and O–H groups in total. The molecule has 6 nitrogen and oxygen atoms in total. The molecule has 1 fully saturated rings. The van der Waals surface area contributed by atoms with Crippen molar-refractivity contribution in [2.75, 3.05) is 13.2 Å². The molecule has 1 aliphatic heterocycles. The largest absolute Gasteiger partial charge is 0.491 e. The summed E-state index contributed by atoms with van der Waals surface area (Å²) in [5.41, 5.74) is 0.280. The molecule has 22 heavy (non-hydrogen) atoms. The maximum atomic E-state index is 12.0. The number of hydrogen-bond acceptors (Lipinski definition) is 4. The van der Waals surface area contributed by atoms with Gasteiger partial charge in [-0.2, -0.15) is 0 Å². The molecule has 1 atom stereocenters. The fourth-order valence-corrected chi connectivity index (χ4v) is 2.26. The normalized spacial score (nSPS) is 18.3. The minimum Gasteiger partial charge on any atom is -0.491 e. The fourth-order valence-electron chi connectivity index (χ4n) is 2.26. The zero-order valence-electron chi connectivity index (χ0n) is 13.1. The summed E-state index contributed by atoms with van der Waals surface area (Å²) < 4.78 is 5.48. The second kappa shape index (κ2) is 6.36. The van der Waals surface area contributed by atoms with E-state index in [2.05, 4.69) is 12.2 Å². The van der Waals surface area contributed by atoms with Crippen molar-refractivity contribution in [2.24, 2.45) is 0 Å². The smallest absolute Gasteiger partial charge is 0.325 e. The summed E-state index contributed by atoms with van der Waals surface area (Å²) in [4.78, 5) is 24.8. The monoisotopic (exact) mass is 306 g/mol. The quantitative estimate of drug-likeness (QED) is 0.777. The summed E-state index contributed by atoms with van der Waals surface area (Å²) in [5, 5.41) is 12.5. The van der Waals surface area contributed by atoms with E-state index in [9.17, 15) is 14.7 Å². The summed E-state index contributed by atoms with van der Waals surface area (Å²) in [5.74, 6) is 0.303. The number of nitrogens with one attached hydrogen (secondary N) is 1. The van der Waals surface area contributed by atoms with Crippen molar-refractivity contribution in [3.8, 4) is 5.75 Å². The maximum Gasteiger partial charge on any atom is 0.325 e. The Morgan fingerprint density at radius 1 is 1.27 bits per heavy atom. The highest BCUT2D eigenvalue weighted by atomic mass is 16.5. The Morgan fingerprint density at radius 2 is 1.91 bits per heavy atom. The molecule has 1 saturated heterocycles. The Morgan fingerprint density at radius 3 is 2.41 bits per heavy atom. The summed E-state index contributed by atoms with van der Waals surface area (Å²) in [7, 11) is 0. The molecule has 2 rings (SSSR count). The van der Waals surface area contributed by atoms with E-state index in [4.69, 9.17) is 4.74 Å². The van der Waals surface area contributed by atoms with Crippen LogP contribution in [0.3, 0.4) is 0 Å². The number of urea groups is 1. The lowest BCUT2D eigenvalue weighted by atomic mass is 10.1. The molecule has 0 spiro atoms. The molecule has 1 aromatic rings. The maximum absolute atomic E-state index is 12.0. The highest BCUT2D eigenvalue weighted by Gasteiger charge is 2.44. The zero-order chi connectivity index (χ0) is 16.3. The van der Waals surface area contributed by atoms with Crippen molar-refractivity contribution in [3.63, 3.8) is 0 Å². The average Bonchev–Trinajstić information content (AvgIpc) is 2.67. The molecule has 1 aromatic carbocycles. The fraction of sp³-hybridized carbons (Fsp3) is 0.500. The number of benzene rings is 1. The molecular weight excluding hydrogens is 284 g/mol. The lowest BCUT2D eigenvalue weighted by molar-refractivity contribution is -0.131. The Hall–Kier alpha value is -2.08. The van der Waals surface area contributed by atoms with Crippen LogP contribution in [-0.4, -0.2) is 46.7 Å². The molecule has 3 amide bonds. The minimum atomic E-state index is -0.936. The number of aliphatic hydroxyl groups is 1. The molecule has 120 valence electrons. The third kappa shape index (κ3) is 3.57. The third-order valence-corrected chi connectivity index (χ3v) is 3.61. The molecule has 1 unspecified atom stereocenters. The summed E-state index contributed by atoms with van der Waals surface area (Å²) in [6.07, 6.45) is 0.0136. The van der Waals surface area contributed by atoms with Crippen LogP contribution >= 0.6 is 0 Å². The Labute approximate surface area is 130 Å². The first kappa shape index (κ1) is 16.3. The molecule has 0 aromatic heterocycles. The van der Waals surface area contributed by atoms with Crippen LogP contribution in [0.4, 0.5) is 4.79 Å². The number of carbonyl (C=O) groups excluding carboxylic acids is 2. The van der Waals surface area contributed by atoms with Gasteiger partial charge in [0.25, 0.3) is 5.91 Å². The van der Waals surface area contributed by atoms with Gasteiger partial charge in [-0.25, -0.2) is 4.79 Å². The second-order valence-corrected chi connectivity index (χ2v) is 5.93. The molecule has 1 aliphatic rings. The molecule has 1 heterocycles. The first-order valence-corrected chi connectivity index (χ1v) is 7.37. The van der Waals surface area contributed by atoms with Crippen LogP contribution in [-0.2, 0) is 11.2 Å². The van der Waals surface area contributed by atoms with Gasteiger partial charge in [0.1, 0.15) is 24.0 Å². The number of ether oxygens (including phenoxy) is 1. The van der Waals surface area contributed by atoms with Gasteiger partial charge in [-0.3, -0.25) is 9.69 Å². The predicted molar refractivity (Wildman–Crippen MR) is 81.6 cm³/mol. The van der Waals surface area contributed by atoms with Crippen molar-refractivity contribution in [3.05, 3.63) is 29.8 Å². The topological polar surface area (TPSA) is 78.9 Å². The van der Waals surface area contributed by atoms with Gasteiger partial charge >= 0.3 is 6.03 Å². The van der Waals surface area contributed by atoms with Gasteiger partial charge in [0.05, 0.1) is 6.54 Å². The number of imide groups is 1. The molecule has 6 heteroatoms. The second-order valence-electron chi connectivity index (χ2n) is 5.93. The molecule has 0 bridgehead atoms. The number of hydrogen-bond donors (Lipinski definition) is 2. The van der Waals surface area contributed by atoms with Crippen LogP contribution in [0.1, 0.15) is 26.3 Å². The number of aryl methyl sites for hydroxylation is 1. The van der Waals surface area contributed by atoms with E-state index in [1.54, 1.807) is 13.8 Å². The molecule has 0 saturated carbocycles. The van der Waals surface area contributed by atoms with Crippen LogP contribution in [0.15, 0.2) is 24.3 Å². The summed E-state index contributed by atoms with van der Waals surface area (Å²) in [6, 6.07) is 7.11. The van der Waals surface area contributed by atoms with Gasteiger partial charge < -0.3 is 15.2 Å². The Balaban J connectivity index is 1.86. The highest BCUT2D eigenvalue weighted by molar-refractivity contribution is 6.06. The lowest BCUT2D eigenvalue weighted by Gasteiger charge is -2.19. The molecular formula is C16H22N2O4. The van der Waals surface area contributed by atoms with Crippen LogP contribution < -0.4 is 10.1 Å².